The molecule has 18 heavy (non-hydrogen) atoms. The molecule has 98 valence electrons. The summed E-state index contributed by atoms with van der Waals surface area (Å²) in [5, 5.41) is 15.9. The molecule has 2 amide bonds. The van der Waals surface area contributed by atoms with Crippen LogP contribution in [0.5, 0.6) is 0 Å². The van der Waals surface area contributed by atoms with Crippen molar-refractivity contribution in [3.8, 4) is 0 Å². The minimum absolute atomic E-state index is 0.0537. The van der Waals surface area contributed by atoms with Crippen LogP contribution >= 0.6 is 0 Å². The SMILES string of the molecule is CCC(=O)NC1CCN(C(=O)c2nn[nH]n2)CC1. The molecule has 0 aromatic carbocycles. The number of piperidine rings is 1. The van der Waals surface area contributed by atoms with Gasteiger partial charge in [-0.05, 0) is 18.1 Å². The van der Waals surface area contributed by atoms with Gasteiger partial charge in [-0.1, -0.05) is 6.92 Å². The quantitative estimate of drug-likeness (QED) is 0.742. The molecule has 2 rings (SSSR count). The molecular formula is C10H16N6O2. The zero-order chi connectivity index (χ0) is 13.0. The first-order valence-corrected chi connectivity index (χ1v) is 6.02. The lowest BCUT2D eigenvalue weighted by molar-refractivity contribution is -0.121. The molecule has 8 nitrogen and oxygen atoms in total. The van der Waals surface area contributed by atoms with E-state index in [1.165, 1.54) is 0 Å². The van der Waals surface area contributed by atoms with E-state index in [1.54, 1.807) is 4.90 Å². The average Bonchev–Trinajstić information content (AvgIpc) is 2.92. The summed E-state index contributed by atoms with van der Waals surface area (Å²) in [6, 6.07) is 0.159. The van der Waals surface area contributed by atoms with Gasteiger partial charge in [0.15, 0.2) is 0 Å². The Hall–Kier alpha value is -1.99. The predicted octanol–water partition coefficient (Wildman–Crippen LogP) is -0.669. The molecule has 0 atom stereocenters. The van der Waals surface area contributed by atoms with E-state index in [-0.39, 0.29) is 23.7 Å². The second-order valence-electron chi connectivity index (χ2n) is 4.22. The third-order valence-electron chi connectivity index (χ3n) is 3.01. The Labute approximate surface area is 104 Å². The van der Waals surface area contributed by atoms with Crippen molar-refractivity contribution in [3.63, 3.8) is 0 Å². The number of H-pyrrole nitrogens is 1. The Morgan fingerprint density at radius 1 is 1.44 bits per heavy atom. The highest BCUT2D eigenvalue weighted by Crippen LogP contribution is 2.12. The molecule has 1 saturated heterocycles. The number of carbonyl (C=O) groups excluding carboxylic acids is 2. The fourth-order valence-electron chi connectivity index (χ4n) is 1.95. The van der Waals surface area contributed by atoms with Crippen molar-refractivity contribution >= 4 is 11.8 Å². The predicted molar refractivity (Wildman–Crippen MR) is 61.5 cm³/mol. The molecule has 0 spiro atoms. The maximum absolute atomic E-state index is 11.9. The molecule has 0 aliphatic carbocycles. The molecule has 0 radical (unpaired) electrons. The van der Waals surface area contributed by atoms with Crippen LogP contribution in [0.1, 0.15) is 36.8 Å². The summed E-state index contributed by atoms with van der Waals surface area (Å²) in [5.41, 5.74) is 0. The van der Waals surface area contributed by atoms with Gasteiger partial charge in [0.2, 0.25) is 5.91 Å². The van der Waals surface area contributed by atoms with Gasteiger partial charge in [0.25, 0.3) is 11.7 Å². The second-order valence-corrected chi connectivity index (χ2v) is 4.22. The molecule has 8 heteroatoms. The minimum atomic E-state index is -0.219. The van der Waals surface area contributed by atoms with E-state index in [1.807, 2.05) is 6.92 Å². The Balaban J connectivity index is 1.83. The first kappa shape index (κ1) is 12.5. The second kappa shape index (κ2) is 5.56. The summed E-state index contributed by atoms with van der Waals surface area (Å²) in [4.78, 5) is 24.8. The van der Waals surface area contributed by atoms with Crippen LogP contribution < -0.4 is 5.32 Å². The lowest BCUT2D eigenvalue weighted by Crippen LogP contribution is -2.46. The van der Waals surface area contributed by atoms with Crippen molar-refractivity contribution < 1.29 is 9.59 Å². The number of hydrogen-bond donors (Lipinski definition) is 2. The molecule has 2 N–H and O–H groups in total. The average molecular weight is 252 g/mol. The number of hydrogen-bond acceptors (Lipinski definition) is 5. The molecular weight excluding hydrogens is 236 g/mol. The third kappa shape index (κ3) is 2.82. The van der Waals surface area contributed by atoms with Crippen molar-refractivity contribution in [2.24, 2.45) is 0 Å². The van der Waals surface area contributed by atoms with Crippen molar-refractivity contribution in [1.82, 2.24) is 30.8 Å². The first-order valence-electron chi connectivity index (χ1n) is 6.02. The van der Waals surface area contributed by atoms with E-state index < -0.39 is 0 Å². The molecule has 1 aliphatic rings. The van der Waals surface area contributed by atoms with E-state index in [0.717, 1.165) is 12.8 Å². The highest BCUT2D eigenvalue weighted by Gasteiger charge is 2.26. The molecule has 1 aromatic heterocycles. The molecule has 0 saturated carbocycles. The van der Waals surface area contributed by atoms with E-state index in [2.05, 4.69) is 25.9 Å². The van der Waals surface area contributed by atoms with E-state index >= 15 is 0 Å². The zero-order valence-corrected chi connectivity index (χ0v) is 10.2. The number of aromatic nitrogens is 4. The molecule has 0 bridgehead atoms. The van der Waals surface area contributed by atoms with Gasteiger partial charge in [-0.25, -0.2) is 0 Å². The number of likely N-dealkylation sites (tertiary alicyclic amines) is 1. The number of carbonyl (C=O) groups is 2. The topological polar surface area (TPSA) is 104 Å². The lowest BCUT2D eigenvalue weighted by atomic mass is 10.0. The van der Waals surface area contributed by atoms with Crippen molar-refractivity contribution in [1.29, 1.82) is 0 Å². The van der Waals surface area contributed by atoms with Gasteiger partial charge in [-0.2, -0.15) is 5.21 Å². The maximum atomic E-state index is 11.9. The minimum Gasteiger partial charge on any atom is -0.353 e. The fourth-order valence-corrected chi connectivity index (χ4v) is 1.95. The summed E-state index contributed by atoms with van der Waals surface area (Å²) in [6.07, 6.45) is 2.01. The summed E-state index contributed by atoms with van der Waals surface area (Å²) in [7, 11) is 0. The summed E-state index contributed by atoms with van der Waals surface area (Å²) in [5.74, 6) is -0.0759. The Kier molecular flexibility index (Phi) is 3.85. The van der Waals surface area contributed by atoms with E-state index in [9.17, 15) is 9.59 Å². The van der Waals surface area contributed by atoms with Gasteiger partial charge in [-0.3, -0.25) is 9.59 Å². The lowest BCUT2D eigenvalue weighted by Gasteiger charge is -2.31. The number of amides is 2. The summed E-state index contributed by atoms with van der Waals surface area (Å²) < 4.78 is 0. The maximum Gasteiger partial charge on any atom is 0.295 e. The number of nitrogens with one attached hydrogen (secondary N) is 2. The molecule has 1 aliphatic heterocycles. The normalized spacial score (nSPS) is 16.6. The van der Waals surface area contributed by atoms with Crippen LogP contribution in [-0.4, -0.2) is 56.5 Å². The highest BCUT2D eigenvalue weighted by molar-refractivity contribution is 5.90. The van der Waals surface area contributed by atoms with Crippen molar-refractivity contribution in [2.45, 2.75) is 32.2 Å². The van der Waals surface area contributed by atoms with Gasteiger partial charge < -0.3 is 10.2 Å². The van der Waals surface area contributed by atoms with Crippen LogP contribution in [0.4, 0.5) is 0 Å². The third-order valence-corrected chi connectivity index (χ3v) is 3.01. The van der Waals surface area contributed by atoms with Crippen LogP contribution in [0.15, 0.2) is 0 Å². The number of tetrazole rings is 1. The van der Waals surface area contributed by atoms with Gasteiger partial charge in [0, 0.05) is 25.6 Å². The highest BCUT2D eigenvalue weighted by atomic mass is 16.2. The fraction of sp³-hybridized carbons (Fsp3) is 0.700. The van der Waals surface area contributed by atoms with Gasteiger partial charge in [-0.15, -0.1) is 10.2 Å². The van der Waals surface area contributed by atoms with E-state index in [0.29, 0.717) is 19.5 Å². The monoisotopic (exact) mass is 252 g/mol. The summed E-state index contributed by atoms with van der Waals surface area (Å²) >= 11 is 0. The Morgan fingerprint density at radius 2 is 2.17 bits per heavy atom. The smallest absolute Gasteiger partial charge is 0.295 e. The Bertz CT molecular complexity index is 410. The standard InChI is InChI=1S/C10H16N6O2/c1-2-8(17)11-7-3-5-16(6-4-7)10(18)9-12-14-15-13-9/h7H,2-6H2,1H3,(H,11,17)(H,12,13,14,15). The van der Waals surface area contributed by atoms with Gasteiger partial charge in [0.1, 0.15) is 0 Å². The number of rotatable bonds is 3. The van der Waals surface area contributed by atoms with Crippen molar-refractivity contribution in [3.05, 3.63) is 5.82 Å². The van der Waals surface area contributed by atoms with Crippen LogP contribution in [0.2, 0.25) is 0 Å². The summed E-state index contributed by atoms with van der Waals surface area (Å²) in [6.45, 7) is 3.02. The van der Waals surface area contributed by atoms with Crippen LogP contribution in [-0.2, 0) is 4.79 Å². The number of nitrogens with zero attached hydrogens (tertiary/aromatic N) is 4. The van der Waals surface area contributed by atoms with Gasteiger partial charge in [0.05, 0.1) is 0 Å². The zero-order valence-electron chi connectivity index (χ0n) is 10.2. The van der Waals surface area contributed by atoms with E-state index in [4.69, 9.17) is 0 Å². The molecule has 1 fully saturated rings. The molecule has 2 heterocycles. The molecule has 0 unspecified atom stereocenters. The van der Waals surface area contributed by atoms with Crippen LogP contribution in [0.3, 0.4) is 0 Å². The van der Waals surface area contributed by atoms with Crippen LogP contribution in [0.25, 0.3) is 0 Å². The largest absolute Gasteiger partial charge is 0.353 e. The van der Waals surface area contributed by atoms with Crippen LogP contribution in [0, 0.1) is 0 Å². The number of aromatic amines is 1. The first-order chi connectivity index (χ1) is 8.70. The van der Waals surface area contributed by atoms with Crippen molar-refractivity contribution in [2.75, 3.05) is 13.1 Å². The molecule has 1 aromatic rings. The Morgan fingerprint density at radius 3 is 2.72 bits per heavy atom. The van der Waals surface area contributed by atoms with Gasteiger partial charge >= 0.3 is 0 Å².